The molecule has 3 atom stereocenters. The molecule has 0 saturated carbocycles. The van der Waals surface area contributed by atoms with E-state index < -0.39 is 20.0 Å². The van der Waals surface area contributed by atoms with Crippen LogP contribution in [0.4, 0.5) is 0 Å². The van der Waals surface area contributed by atoms with Crippen LogP contribution in [0.1, 0.15) is 162 Å². The molecule has 0 fully saturated rings. The van der Waals surface area contributed by atoms with Crippen LogP contribution in [0, 0.1) is 0 Å². The number of hydrogen-bond acceptors (Lipinski definition) is 6. The van der Waals surface area contributed by atoms with Crippen molar-refractivity contribution >= 4 is 13.7 Å². The number of quaternary nitrogens is 1. The molecule has 0 aromatic heterocycles. The van der Waals surface area contributed by atoms with E-state index in [4.69, 9.17) is 9.05 Å². The van der Waals surface area contributed by atoms with Gasteiger partial charge in [-0.15, -0.1) is 0 Å². The summed E-state index contributed by atoms with van der Waals surface area (Å²) in [5.41, 5.74) is 0. The Bertz CT molecular complexity index is 902. The number of hydrogen-bond donors (Lipinski definition) is 2. The lowest BCUT2D eigenvalue weighted by atomic mass is 10.0. The van der Waals surface area contributed by atoms with Gasteiger partial charge in [-0.25, -0.2) is 0 Å². The van der Waals surface area contributed by atoms with Crippen molar-refractivity contribution in [1.82, 2.24) is 5.32 Å². The molecular formula is C40H77N2O6P. The largest absolute Gasteiger partial charge is 0.756 e. The van der Waals surface area contributed by atoms with Gasteiger partial charge in [0.2, 0.25) is 5.91 Å². The minimum atomic E-state index is -4.58. The minimum absolute atomic E-state index is 0.00279. The lowest BCUT2D eigenvalue weighted by Crippen LogP contribution is -2.45. The summed E-state index contributed by atoms with van der Waals surface area (Å²) in [4.78, 5) is 25.1. The van der Waals surface area contributed by atoms with Crippen molar-refractivity contribution in [1.29, 1.82) is 0 Å². The van der Waals surface area contributed by atoms with Crippen LogP contribution in [0.3, 0.4) is 0 Å². The average molecular weight is 713 g/mol. The number of likely N-dealkylation sites (N-methyl/N-ethyl adjacent to an activating group) is 1. The summed E-state index contributed by atoms with van der Waals surface area (Å²) >= 11 is 0. The monoisotopic (exact) mass is 713 g/mol. The second-order valence-corrected chi connectivity index (χ2v) is 16.0. The maximum absolute atomic E-state index is 12.8. The molecule has 0 heterocycles. The zero-order valence-corrected chi connectivity index (χ0v) is 33.3. The van der Waals surface area contributed by atoms with E-state index in [1.165, 1.54) is 96.3 Å². The fourth-order valence-corrected chi connectivity index (χ4v) is 6.08. The van der Waals surface area contributed by atoms with Gasteiger partial charge in [0, 0.05) is 6.42 Å². The van der Waals surface area contributed by atoms with Crippen molar-refractivity contribution in [3.63, 3.8) is 0 Å². The molecule has 49 heavy (non-hydrogen) atoms. The van der Waals surface area contributed by atoms with E-state index in [9.17, 15) is 19.4 Å². The molecule has 0 aromatic carbocycles. The van der Waals surface area contributed by atoms with E-state index in [0.717, 1.165) is 44.9 Å². The zero-order valence-electron chi connectivity index (χ0n) is 32.4. The normalized spacial score (nSPS) is 15.0. The highest BCUT2D eigenvalue weighted by molar-refractivity contribution is 7.45. The van der Waals surface area contributed by atoms with Crippen LogP contribution in [0.5, 0.6) is 0 Å². The van der Waals surface area contributed by atoms with E-state index in [1.807, 2.05) is 27.2 Å². The molecule has 0 bridgehead atoms. The van der Waals surface area contributed by atoms with Gasteiger partial charge in [-0.05, 0) is 51.4 Å². The van der Waals surface area contributed by atoms with Crippen LogP contribution >= 0.6 is 7.82 Å². The van der Waals surface area contributed by atoms with Gasteiger partial charge in [0.05, 0.1) is 39.9 Å². The van der Waals surface area contributed by atoms with Gasteiger partial charge in [0.25, 0.3) is 7.82 Å². The predicted molar refractivity (Wildman–Crippen MR) is 205 cm³/mol. The molecule has 1 amide bonds. The number of phosphoric ester groups is 1. The molecule has 0 radical (unpaired) electrons. The molecule has 0 aliphatic carbocycles. The van der Waals surface area contributed by atoms with Gasteiger partial charge >= 0.3 is 0 Å². The number of allylic oxidation sites excluding steroid dienone is 5. The van der Waals surface area contributed by atoms with Crippen LogP contribution < -0.4 is 10.2 Å². The van der Waals surface area contributed by atoms with E-state index >= 15 is 0 Å². The fourth-order valence-electron chi connectivity index (χ4n) is 5.36. The average Bonchev–Trinajstić information content (AvgIpc) is 3.04. The van der Waals surface area contributed by atoms with Crippen molar-refractivity contribution < 1.29 is 32.9 Å². The Labute approximate surface area is 302 Å². The summed E-state index contributed by atoms with van der Waals surface area (Å²) in [5.74, 6) is -0.208. The maximum Gasteiger partial charge on any atom is 0.268 e. The first-order chi connectivity index (χ1) is 23.5. The number of carbonyl (C=O) groups excluding carboxylic acids is 1. The summed E-state index contributed by atoms with van der Waals surface area (Å²) in [6.45, 7) is 4.55. The third-order valence-corrected chi connectivity index (χ3v) is 9.56. The number of nitrogens with one attached hydrogen (secondary N) is 1. The molecule has 9 heteroatoms. The number of aliphatic hydroxyl groups is 1. The zero-order chi connectivity index (χ0) is 36.5. The van der Waals surface area contributed by atoms with Crippen LogP contribution in [0.25, 0.3) is 0 Å². The first kappa shape index (κ1) is 47.7. The molecule has 0 aliphatic rings. The molecule has 0 saturated heterocycles. The van der Waals surface area contributed by atoms with Crippen LogP contribution in [-0.4, -0.2) is 68.5 Å². The van der Waals surface area contributed by atoms with Gasteiger partial charge in [-0.1, -0.05) is 140 Å². The van der Waals surface area contributed by atoms with Crippen molar-refractivity contribution in [2.45, 2.75) is 174 Å². The Morgan fingerprint density at radius 3 is 1.73 bits per heavy atom. The Morgan fingerprint density at radius 1 is 0.714 bits per heavy atom. The first-order valence-corrected chi connectivity index (χ1v) is 21.3. The number of phosphoric acid groups is 1. The molecular weight excluding hydrogens is 635 g/mol. The van der Waals surface area contributed by atoms with Gasteiger partial charge in [-0.3, -0.25) is 9.36 Å². The highest BCUT2D eigenvalue weighted by Gasteiger charge is 2.23. The minimum Gasteiger partial charge on any atom is -0.756 e. The number of rotatable bonds is 35. The smallest absolute Gasteiger partial charge is 0.268 e. The SMILES string of the molecule is CCCCC/C=C\C/C=C\CCCCCCCCCCCC(=O)NC(COP(=O)([O-])OCC[N+](C)(C)C)C(O)/C=C/CCCCCCCC. The molecule has 0 rings (SSSR count). The Morgan fingerprint density at radius 2 is 1.18 bits per heavy atom. The second kappa shape index (κ2) is 32.6. The number of unbranched alkanes of at least 4 members (excludes halogenated alkanes) is 18. The number of amides is 1. The number of carbonyl (C=O) groups is 1. The highest BCUT2D eigenvalue weighted by Crippen LogP contribution is 2.38. The standard InChI is InChI=1S/C40H77N2O6P/c1-6-8-10-12-14-16-17-18-19-20-21-22-23-24-25-26-28-30-32-34-40(44)41-38(37-48-49(45,46)47-36-35-42(3,4)5)39(43)33-31-29-27-15-13-11-9-7-2/h14,16,18-19,31,33,38-39,43H,6-13,15,17,20-30,32,34-37H2,1-5H3,(H-,41,44,45,46)/b16-14-,19-18-,33-31+. The van der Waals surface area contributed by atoms with E-state index in [-0.39, 0.29) is 19.1 Å². The second-order valence-electron chi connectivity index (χ2n) is 14.6. The molecule has 0 aromatic rings. The Hall–Kier alpha value is -1.28. The lowest BCUT2D eigenvalue weighted by molar-refractivity contribution is -0.870. The summed E-state index contributed by atoms with van der Waals surface area (Å²) in [6.07, 6.45) is 37.6. The van der Waals surface area contributed by atoms with Crippen LogP contribution in [0.15, 0.2) is 36.5 Å². The van der Waals surface area contributed by atoms with Crippen molar-refractivity contribution in [3.05, 3.63) is 36.5 Å². The molecule has 2 N–H and O–H groups in total. The third-order valence-electron chi connectivity index (χ3n) is 8.59. The Kier molecular flexibility index (Phi) is 31.8. The van der Waals surface area contributed by atoms with Crippen molar-refractivity contribution in [2.75, 3.05) is 40.9 Å². The van der Waals surface area contributed by atoms with Gasteiger partial charge in [-0.2, -0.15) is 0 Å². The summed E-state index contributed by atoms with van der Waals surface area (Å²) in [7, 11) is 1.25. The van der Waals surface area contributed by atoms with Crippen LogP contribution in [-0.2, 0) is 18.4 Å². The van der Waals surface area contributed by atoms with E-state index in [0.29, 0.717) is 17.4 Å². The van der Waals surface area contributed by atoms with Crippen molar-refractivity contribution in [2.24, 2.45) is 0 Å². The Balaban J connectivity index is 4.35. The quantitative estimate of drug-likeness (QED) is 0.0293. The van der Waals surface area contributed by atoms with Gasteiger partial charge in [0.15, 0.2) is 0 Å². The van der Waals surface area contributed by atoms with Gasteiger partial charge in [0.1, 0.15) is 13.2 Å². The van der Waals surface area contributed by atoms with Gasteiger partial charge < -0.3 is 28.8 Å². The molecule has 3 unspecified atom stereocenters. The molecule has 288 valence electrons. The van der Waals surface area contributed by atoms with E-state index in [2.05, 4.69) is 43.5 Å². The van der Waals surface area contributed by atoms with Crippen LogP contribution in [0.2, 0.25) is 0 Å². The highest BCUT2D eigenvalue weighted by atomic mass is 31.2. The fraction of sp³-hybridized carbons (Fsp3) is 0.825. The van der Waals surface area contributed by atoms with E-state index in [1.54, 1.807) is 6.08 Å². The topological polar surface area (TPSA) is 108 Å². The van der Waals surface area contributed by atoms with Crippen molar-refractivity contribution in [3.8, 4) is 0 Å². The number of nitrogens with zero attached hydrogens (tertiary/aromatic N) is 1. The first-order valence-electron chi connectivity index (χ1n) is 19.9. The predicted octanol–water partition coefficient (Wildman–Crippen LogP) is 9.72. The number of aliphatic hydroxyl groups excluding tert-OH is 1. The lowest BCUT2D eigenvalue weighted by Gasteiger charge is -2.29. The summed E-state index contributed by atoms with van der Waals surface area (Å²) < 4.78 is 23.0. The summed E-state index contributed by atoms with van der Waals surface area (Å²) in [6, 6.07) is -0.884. The molecule has 0 spiro atoms. The molecule has 8 nitrogen and oxygen atoms in total. The summed E-state index contributed by atoms with van der Waals surface area (Å²) in [5, 5.41) is 13.6. The maximum atomic E-state index is 12.8. The third kappa shape index (κ3) is 34.9. The molecule has 0 aliphatic heterocycles.